The van der Waals surface area contributed by atoms with Crippen LogP contribution in [0.4, 0.5) is 14.6 Å². The average molecular weight is 568 g/mol. The van der Waals surface area contributed by atoms with E-state index in [1.807, 2.05) is 0 Å². The summed E-state index contributed by atoms with van der Waals surface area (Å²) in [4.78, 5) is 32.6. The Morgan fingerprint density at radius 1 is 1.22 bits per heavy atom. The number of aliphatic imine (C=N–C) groups is 1. The minimum Gasteiger partial charge on any atom is -0.488 e. The zero-order valence-corrected chi connectivity index (χ0v) is 22.6. The van der Waals surface area contributed by atoms with Crippen LogP contribution in [0.25, 0.3) is 0 Å². The molecule has 1 aliphatic rings. The number of carbonyl (C=O) groups is 2. The standard InChI is InChI=1S/C27H31F2N9O3/c1-3-31-18(2)14-32-26(40)23-17-38(37-35-23)9-5-4-6-20-7-8-24(36-34-20)33-25(39)11-19-10-21(16-30-15-19)41-22-12-27(28,29)13-22/h3,7-8,10,15-17,22H,1,4-6,9,11-14H2,2H3,(H,32,40)(H,33,36,39)/b31-18+. The van der Waals surface area contributed by atoms with Gasteiger partial charge in [-0.3, -0.25) is 24.2 Å². The maximum absolute atomic E-state index is 13.0. The Kier molecular flexibility index (Phi) is 9.77. The highest BCUT2D eigenvalue weighted by molar-refractivity contribution is 5.95. The first-order chi connectivity index (χ1) is 19.7. The normalized spacial score (nSPS) is 14.7. The molecule has 12 nitrogen and oxygen atoms in total. The first-order valence-electron chi connectivity index (χ1n) is 13.1. The second-order valence-electron chi connectivity index (χ2n) is 9.72. The molecule has 0 bridgehead atoms. The monoisotopic (exact) mass is 567 g/mol. The molecule has 0 spiro atoms. The molecular weight excluding hydrogens is 536 g/mol. The van der Waals surface area contributed by atoms with Gasteiger partial charge in [0.2, 0.25) is 5.91 Å². The Morgan fingerprint density at radius 3 is 2.78 bits per heavy atom. The summed E-state index contributed by atoms with van der Waals surface area (Å²) in [6, 6.07) is 5.09. The van der Waals surface area contributed by atoms with Crippen LogP contribution in [0.3, 0.4) is 0 Å². The number of rotatable bonds is 14. The van der Waals surface area contributed by atoms with Crippen molar-refractivity contribution in [2.45, 2.75) is 64.0 Å². The number of amides is 2. The van der Waals surface area contributed by atoms with Crippen molar-refractivity contribution in [1.82, 2.24) is 35.5 Å². The van der Waals surface area contributed by atoms with E-state index >= 15 is 0 Å². The fourth-order valence-electron chi connectivity index (χ4n) is 4.03. The van der Waals surface area contributed by atoms with E-state index in [2.05, 4.69) is 47.7 Å². The van der Waals surface area contributed by atoms with Crippen molar-refractivity contribution in [3.05, 3.63) is 66.5 Å². The molecule has 1 fully saturated rings. The van der Waals surface area contributed by atoms with Gasteiger partial charge in [0, 0.05) is 37.5 Å². The number of ether oxygens (including phenoxy) is 1. The number of pyridine rings is 1. The molecule has 216 valence electrons. The van der Waals surface area contributed by atoms with E-state index in [4.69, 9.17) is 4.74 Å². The Balaban J connectivity index is 1.15. The summed E-state index contributed by atoms with van der Waals surface area (Å²) in [5.74, 6) is -2.64. The van der Waals surface area contributed by atoms with Gasteiger partial charge in [-0.25, -0.2) is 8.78 Å². The minimum atomic E-state index is -2.67. The van der Waals surface area contributed by atoms with Crippen molar-refractivity contribution >= 4 is 23.3 Å². The number of anilines is 1. The Hall–Kier alpha value is -4.62. The molecule has 0 atom stereocenters. The summed E-state index contributed by atoms with van der Waals surface area (Å²) < 4.78 is 33.2. The molecular formula is C27H31F2N9O3. The molecule has 14 heteroatoms. The SMILES string of the molecule is C=C/N=C(\C)CNC(=O)c1cn(CCCCc2ccc(NC(=O)Cc3cncc(OC4CC(F)(F)C4)c3)nn2)nn1. The summed E-state index contributed by atoms with van der Waals surface area (Å²) in [7, 11) is 0. The van der Waals surface area contributed by atoms with Crippen molar-refractivity contribution in [2.75, 3.05) is 11.9 Å². The molecule has 41 heavy (non-hydrogen) atoms. The number of nitrogens with one attached hydrogen (secondary N) is 2. The second-order valence-corrected chi connectivity index (χ2v) is 9.72. The summed E-state index contributed by atoms with van der Waals surface area (Å²) >= 11 is 0. The van der Waals surface area contributed by atoms with Crippen LogP contribution in [0.5, 0.6) is 5.75 Å². The minimum absolute atomic E-state index is 0.0172. The van der Waals surface area contributed by atoms with Crippen LogP contribution < -0.4 is 15.4 Å². The predicted octanol–water partition coefficient (Wildman–Crippen LogP) is 3.18. The smallest absolute Gasteiger partial charge is 0.273 e. The third kappa shape index (κ3) is 9.22. The molecule has 2 N–H and O–H groups in total. The molecule has 1 aliphatic carbocycles. The van der Waals surface area contributed by atoms with Crippen LogP contribution in [-0.2, 0) is 24.2 Å². The lowest BCUT2D eigenvalue weighted by atomic mass is 9.91. The highest BCUT2D eigenvalue weighted by Gasteiger charge is 2.47. The number of aryl methyl sites for hydroxylation is 2. The lowest BCUT2D eigenvalue weighted by Gasteiger charge is -2.34. The van der Waals surface area contributed by atoms with Gasteiger partial charge in [0.25, 0.3) is 11.8 Å². The van der Waals surface area contributed by atoms with Crippen molar-refractivity contribution in [3.63, 3.8) is 0 Å². The molecule has 0 unspecified atom stereocenters. The topological polar surface area (TPSA) is 149 Å². The van der Waals surface area contributed by atoms with Crippen molar-refractivity contribution in [1.29, 1.82) is 0 Å². The molecule has 3 aromatic heterocycles. The van der Waals surface area contributed by atoms with Crippen molar-refractivity contribution < 1.29 is 23.1 Å². The van der Waals surface area contributed by atoms with E-state index in [1.54, 1.807) is 36.0 Å². The number of carbonyl (C=O) groups excluding carboxylic acids is 2. The zero-order valence-electron chi connectivity index (χ0n) is 22.6. The maximum Gasteiger partial charge on any atom is 0.273 e. The molecule has 4 rings (SSSR count). The van der Waals surface area contributed by atoms with E-state index < -0.39 is 12.0 Å². The van der Waals surface area contributed by atoms with Gasteiger partial charge in [0.15, 0.2) is 11.5 Å². The maximum atomic E-state index is 13.0. The first-order valence-corrected chi connectivity index (χ1v) is 13.1. The number of nitrogens with zero attached hydrogens (tertiary/aromatic N) is 7. The molecule has 2 amide bonds. The fourth-order valence-corrected chi connectivity index (χ4v) is 4.03. The van der Waals surface area contributed by atoms with Gasteiger partial charge < -0.3 is 15.4 Å². The van der Waals surface area contributed by atoms with Gasteiger partial charge in [-0.1, -0.05) is 11.8 Å². The van der Waals surface area contributed by atoms with E-state index in [0.29, 0.717) is 36.6 Å². The molecule has 0 aliphatic heterocycles. The van der Waals surface area contributed by atoms with Crippen LogP contribution >= 0.6 is 0 Å². The third-order valence-corrected chi connectivity index (χ3v) is 6.13. The van der Waals surface area contributed by atoms with E-state index in [0.717, 1.165) is 24.2 Å². The fraction of sp³-hybridized carbons (Fsp3) is 0.407. The van der Waals surface area contributed by atoms with E-state index in [9.17, 15) is 18.4 Å². The second kappa shape index (κ2) is 13.6. The van der Waals surface area contributed by atoms with Crippen molar-refractivity contribution in [3.8, 4) is 5.75 Å². The summed E-state index contributed by atoms with van der Waals surface area (Å²) in [6.45, 7) is 6.20. The quantitative estimate of drug-likeness (QED) is 0.223. The van der Waals surface area contributed by atoms with Gasteiger partial charge in [-0.15, -0.1) is 10.2 Å². The summed E-state index contributed by atoms with van der Waals surface area (Å²) in [6.07, 6.45) is 7.09. The number of halogens is 2. The lowest BCUT2D eigenvalue weighted by Crippen LogP contribution is -2.43. The van der Waals surface area contributed by atoms with Crippen LogP contribution in [0, 0.1) is 0 Å². The van der Waals surface area contributed by atoms with Gasteiger partial charge in [-0.05, 0) is 49.9 Å². The van der Waals surface area contributed by atoms with Gasteiger partial charge in [0.1, 0.15) is 11.9 Å². The Bertz CT molecular complexity index is 1380. The van der Waals surface area contributed by atoms with Gasteiger partial charge in [-0.2, -0.15) is 5.10 Å². The van der Waals surface area contributed by atoms with E-state index in [1.165, 1.54) is 18.6 Å². The number of unbranched alkanes of at least 4 members (excludes halogenated alkanes) is 1. The molecule has 3 aromatic rings. The molecule has 1 saturated carbocycles. The molecule has 0 saturated heterocycles. The number of alkyl halides is 2. The first kappa shape index (κ1) is 29.4. The largest absolute Gasteiger partial charge is 0.488 e. The van der Waals surface area contributed by atoms with Crippen LogP contribution in [0.15, 0.2) is 54.6 Å². The highest BCUT2D eigenvalue weighted by Crippen LogP contribution is 2.39. The zero-order chi connectivity index (χ0) is 29.2. The van der Waals surface area contributed by atoms with Crippen LogP contribution in [0.1, 0.15) is 54.4 Å². The lowest BCUT2D eigenvalue weighted by molar-refractivity contribution is -0.134. The van der Waals surface area contributed by atoms with Gasteiger partial charge in [0.05, 0.1) is 31.1 Å². The Morgan fingerprint density at radius 2 is 2.05 bits per heavy atom. The highest BCUT2D eigenvalue weighted by atomic mass is 19.3. The molecule has 0 aromatic carbocycles. The molecule has 3 heterocycles. The predicted molar refractivity (Wildman–Crippen MR) is 146 cm³/mol. The summed E-state index contributed by atoms with van der Waals surface area (Å²) in [5, 5.41) is 21.6. The van der Waals surface area contributed by atoms with Crippen LogP contribution in [0.2, 0.25) is 0 Å². The van der Waals surface area contributed by atoms with E-state index in [-0.39, 0.29) is 36.8 Å². The average Bonchev–Trinajstić information content (AvgIpc) is 3.39. The van der Waals surface area contributed by atoms with Crippen molar-refractivity contribution in [2.24, 2.45) is 4.99 Å². The summed E-state index contributed by atoms with van der Waals surface area (Å²) in [5.41, 5.74) is 2.32. The number of aromatic nitrogens is 6. The van der Waals surface area contributed by atoms with Crippen LogP contribution in [-0.4, -0.2) is 66.3 Å². The number of hydrogen-bond donors (Lipinski definition) is 2. The number of hydrogen-bond acceptors (Lipinski definition) is 9. The third-order valence-electron chi connectivity index (χ3n) is 6.13. The molecule has 0 radical (unpaired) electrons. The Labute approximate surface area is 235 Å². The van der Waals surface area contributed by atoms with Gasteiger partial charge >= 0.3 is 0 Å².